The minimum Gasteiger partial charge on any atom is -0.497 e. The summed E-state index contributed by atoms with van der Waals surface area (Å²) < 4.78 is 10.5. The van der Waals surface area contributed by atoms with Crippen LogP contribution in [0.2, 0.25) is 0 Å². The molecule has 0 bridgehead atoms. The number of aromatic nitrogens is 2. The third kappa shape index (κ3) is 4.52. The van der Waals surface area contributed by atoms with E-state index >= 15 is 0 Å². The van der Waals surface area contributed by atoms with Gasteiger partial charge in [0.05, 0.1) is 19.9 Å². The molecule has 0 aliphatic rings. The minimum atomic E-state index is -1.71. The number of carbonyl (C=O) groups excluding carboxylic acids is 1. The minimum absolute atomic E-state index is 0.0403. The first kappa shape index (κ1) is 20.3. The first-order valence-corrected chi connectivity index (χ1v) is 9.02. The number of methoxy groups -OCH3 is 2. The van der Waals surface area contributed by atoms with Gasteiger partial charge in [-0.25, -0.2) is 0 Å². The van der Waals surface area contributed by atoms with Gasteiger partial charge in [0, 0.05) is 17.5 Å². The molecule has 150 valence electrons. The van der Waals surface area contributed by atoms with Gasteiger partial charge in [-0.15, -0.1) is 5.10 Å². The highest BCUT2D eigenvalue weighted by Crippen LogP contribution is 2.33. The Balaban J connectivity index is 2.10. The summed E-state index contributed by atoms with van der Waals surface area (Å²) in [6, 6.07) is 16.8. The smallest absolute Gasteiger partial charge is 0.249 e. The molecular formula is C22H23N3O4. The molecule has 3 rings (SSSR count). The summed E-state index contributed by atoms with van der Waals surface area (Å²) in [6.45, 7) is 1.36. The maximum atomic E-state index is 11.5. The highest BCUT2D eigenvalue weighted by molar-refractivity contribution is 5.83. The number of ether oxygens (including phenoxy) is 2. The molecule has 1 unspecified atom stereocenters. The summed E-state index contributed by atoms with van der Waals surface area (Å²) >= 11 is 0. The predicted octanol–water partition coefficient (Wildman–Crippen LogP) is 2.61. The summed E-state index contributed by atoms with van der Waals surface area (Å²) in [7, 11) is 3.22. The second kappa shape index (κ2) is 8.28. The quantitative estimate of drug-likeness (QED) is 0.639. The van der Waals surface area contributed by atoms with Crippen LogP contribution < -0.4 is 15.2 Å². The molecule has 29 heavy (non-hydrogen) atoms. The van der Waals surface area contributed by atoms with E-state index < -0.39 is 11.5 Å². The molecule has 0 spiro atoms. The first-order chi connectivity index (χ1) is 13.8. The van der Waals surface area contributed by atoms with Crippen molar-refractivity contribution in [1.82, 2.24) is 10.2 Å². The molecule has 0 fully saturated rings. The van der Waals surface area contributed by atoms with Crippen LogP contribution in [-0.2, 0) is 11.2 Å². The summed E-state index contributed by atoms with van der Waals surface area (Å²) in [5, 5.41) is 18.8. The van der Waals surface area contributed by atoms with Crippen LogP contribution in [-0.4, -0.2) is 41.0 Å². The molecule has 0 saturated heterocycles. The van der Waals surface area contributed by atoms with E-state index in [1.165, 1.54) is 6.92 Å². The van der Waals surface area contributed by atoms with E-state index in [0.29, 0.717) is 11.4 Å². The number of nitrogens with zero attached hydrogens (tertiary/aromatic N) is 2. The van der Waals surface area contributed by atoms with E-state index in [1.807, 2.05) is 54.6 Å². The van der Waals surface area contributed by atoms with Crippen LogP contribution in [0.1, 0.15) is 12.6 Å². The topological polar surface area (TPSA) is 108 Å². The summed E-state index contributed by atoms with van der Waals surface area (Å²) in [4.78, 5) is 11.5. The fourth-order valence-electron chi connectivity index (χ4n) is 2.91. The van der Waals surface area contributed by atoms with Gasteiger partial charge in [-0.2, -0.15) is 5.10 Å². The standard InChI is InChI=1S/C22H23N3O4/c1-22(27,21(23)26)13-16-12-19(14-4-8-17(28-2)9-5-14)20(25-24-16)15-6-10-18(29-3)11-7-15/h4-12,27H,13H2,1-3H3,(H2,23,26). The van der Waals surface area contributed by atoms with Gasteiger partial charge in [-0.05, 0) is 55.0 Å². The lowest BCUT2D eigenvalue weighted by Crippen LogP contribution is -2.43. The maximum Gasteiger partial charge on any atom is 0.249 e. The lowest BCUT2D eigenvalue weighted by Gasteiger charge is -2.19. The lowest BCUT2D eigenvalue weighted by atomic mass is 9.95. The number of carbonyl (C=O) groups is 1. The van der Waals surface area contributed by atoms with Crippen molar-refractivity contribution in [2.24, 2.45) is 5.73 Å². The molecule has 7 heteroatoms. The van der Waals surface area contributed by atoms with E-state index in [0.717, 1.165) is 28.2 Å². The third-order valence-electron chi connectivity index (χ3n) is 4.67. The van der Waals surface area contributed by atoms with Crippen LogP contribution in [0.25, 0.3) is 22.4 Å². The average Bonchev–Trinajstić information content (AvgIpc) is 2.73. The van der Waals surface area contributed by atoms with E-state index in [2.05, 4.69) is 10.2 Å². The fourth-order valence-corrected chi connectivity index (χ4v) is 2.91. The zero-order chi connectivity index (χ0) is 21.0. The first-order valence-electron chi connectivity index (χ1n) is 9.02. The molecule has 2 aromatic carbocycles. The largest absolute Gasteiger partial charge is 0.497 e. The van der Waals surface area contributed by atoms with Gasteiger partial charge in [-0.3, -0.25) is 4.79 Å². The zero-order valence-electron chi connectivity index (χ0n) is 16.5. The Morgan fingerprint density at radius 1 is 0.966 bits per heavy atom. The number of hydrogen-bond acceptors (Lipinski definition) is 6. The van der Waals surface area contributed by atoms with Crippen molar-refractivity contribution in [3.63, 3.8) is 0 Å². The fraction of sp³-hybridized carbons (Fsp3) is 0.227. The second-order valence-corrected chi connectivity index (χ2v) is 6.87. The van der Waals surface area contributed by atoms with Crippen molar-refractivity contribution in [3.8, 4) is 33.9 Å². The molecule has 1 aromatic heterocycles. The molecule has 0 aliphatic heterocycles. The van der Waals surface area contributed by atoms with E-state index in [9.17, 15) is 9.90 Å². The molecule has 0 aliphatic carbocycles. The maximum absolute atomic E-state index is 11.5. The van der Waals surface area contributed by atoms with Crippen molar-refractivity contribution < 1.29 is 19.4 Å². The lowest BCUT2D eigenvalue weighted by molar-refractivity contribution is -0.134. The molecule has 7 nitrogen and oxygen atoms in total. The van der Waals surface area contributed by atoms with Crippen LogP contribution in [0.15, 0.2) is 54.6 Å². The number of rotatable bonds is 7. The van der Waals surface area contributed by atoms with Crippen molar-refractivity contribution in [2.75, 3.05) is 14.2 Å². The highest BCUT2D eigenvalue weighted by atomic mass is 16.5. The monoisotopic (exact) mass is 393 g/mol. The van der Waals surface area contributed by atoms with Gasteiger partial charge in [-0.1, -0.05) is 12.1 Å². The van der Waals surface area contributed by atoms with Crippen LogP contribution >= 0.6 is 0 Å². The number of nitrogens with two attached hydrogens (primary N) is 1. The molecule has 0 radical (unpaired) electrons. The summed E-state index contributed by atoms with van der Waals surface area (Å²) in [5.41, 5.74) is 7.25. The van der Waals surface area contributed by atoms with Crippen LogP contribution in [0, 0.1) is 0 Å². The normalized spacial score (nSPS) is 12.8. The SMILES string of the molecule is COc1ccc(-c2cc(CC(C)(O)C(N)=O)nnc2-c2ccc(OC)cc2)cc1. The highest BCUT2D eigenvalue weighted by Gasteiger charge is 2.29. The Labute approximate surface area is 169 Å². The molecule has 3 aromatic rings. The third-order valence-corrected chi connectivity index (χ3v) is 4.67. The second-order valence-electron chi connectivity index (χ2n) is 6.87. The Kier molecular flexibility index (Phi) is 5.79. The molecule has 3 N–H and O–H groups in total. The summed E-state index contributed by atoms with van der Waals surface area (Å²) in [6.07, 6.45) is -0.0403. The molecule has 1 amide bonds. The summed E-state index contributed by atoms with van der Waals surface area (Å²) in [5.74, 6) is 0.657. The molecule has 0 saturated carbocycles. The Hall–Kier alpha value is -3.45. The molecule has 1 atom stereocenters. The van der Waals surface area contributed by atoms with Gasteiger partial charge in [0.25, 0.3) is 0 Å². The van der Waals surface area contributed by atoms with Crippen molar-refractivity contribution in [1.29, 1.82) is 0 Å². The Morgan fingerprint density at radius 2 is 1.48 bits per heavy atom. The molecular weight excluding hydrogens is 370 g/mol. The van der Waals surface area contributed by atoms with Gasteiger partial charge in [0.2, 0.25) is 5.91 Å². The zero-order valence-corrected chi connectivity index (χ0v) is 16.5. The number of amides is 1. The van der Waals surface area contributed by atoms with Crippen molar-refractivity contribution in [3.05, 3.63) is 60.3 Å². The number of aliphatic hydroxyl groups is 1. The van der Waals surface area contributed by atoms with Gasteiger partial charge in [0.15, 0.2) is 0 Å². The van der Waals surface area contributed by atoms with E-state index in [1.54, 1.807) is 14.2 Å². The van der Waals surface area contributed by atoms with Crippen molar-refractivity contribution >= 4 is 5.91 Å². The Morgan fingerprint density at radius 3 is 1.97 bits per heavy atom. The van der Waals surface area contributed by atoms with Gasteiger partial charge in [0.1, 0.15) is 22.8 Å². The van der Waals surface area contributed by atoms with Crippen molar-refractivity contribution in [2.45, 2.75) is 18.9 Å². The Bertz CT molecular complexity index is 1000. The van der Waals surface area contributed by atoms with Crippen LogP contribution in [0.3, 0.4) is 0 Å². The van der Waals surface area contributed by atoms with E-state index in [-0.39, 0.29) is 6.42 Å². The van der Waals surface area contributed by atoms with Crippen LogP contribution in [0.4, 0.5) is 0 Å². The molecule has 1 heterocycles. The average molecular weight is 393 g/mol. The predicted molar refractivity (Wildman–Crippen MR) is 110 cm³/mol. The number of hydrogen-bond donors (Lipinski definition) is 2. The van der Waals surface area contributed by atoms with Gasteiger partial charge < -0.3 is 20.3 Å². The van der Waals surface area contributed by atoms with E-state index in [4.69, 9.17) is 15.2 Å². The number of benzene rings is 2. The van der Waals surface area contributed by atoms with Gasteiger partial charge >= 0.3 is 0 Å². The number of primary amides is 1. The van der Waals surface area contributed by atoms with Crippen LogP contribution in [0.5, 0.6) is 11.5 Å².